The topological polar surface area (TPSA) is 25.8 Å². The molecule has 20 heavy (non-hydrogen) atoms. The summed E-state index contributed by atoms with van der Waals surface area (Å²) in [6, 6.07) is 12.9. The fourth-order valence-electron chi connectivity index (χ4n) is 2.80. The Balaban J connectivity index is 2.53. The normalized spacial score (nSPS) is 11.9. The van der Waals surface area contributed by atoms with Crippen molar-refractivity contribution in [3.05, 3.63) is 47.8 Å². The molecule has 2 heteroatoms. The van der Waals surface area contributed by atoms with Gasteiger partial charge in [0.25, 0.3) is 0 Å². The number of hydrogen-bond donors (Lipinski definition) is 0. The fourth-order valence-corrected chi connectivity index (χ4v) is 2.80. The molecule has 1 heterocycles. The van der Waals surface area contributed by atoms with Crippen molar-refractivity contribution in [3.8, 4) is 0 Å². The van der Waals surface area contributed by atoms with Gasteiger partial charge in [-0.15, -0.1) is 0 Å². The zero-order valence-electron chi connectivity index (χ0n) is 12.5. The van der Waals surface area contributed by atoms with Crippen LogP contribution in [-0.4, -0.2) is 10.2 Å². The van der Waals surface area contributed by atoms with Crippen LogP contribution in [0.1, 0.15) is 50.9 Å². The third-order valence-electron chi connectivity index (χ3n) is 3.82. The van der Waals surface area contributed by atoms with E-state index in [1.54, 1.807) is 0 Å². The Hall–Kier alpha value is -1.96. The molecule has 102 valence electrons. The summed E-state index contributed by atoms with van der Waals surface area (Å²) in [7, 11) is 0. The van der Waals surface area contributed by atoms with Crippen molar-refractivity contribution < 1.29 is 0 Å². The molecule has 0 bridgehead atoms. The highest BCUT2D eigenvalue weighted by molar-refractivity contribution is 6.09. The molecule has 0 radical (unpaired) electrons. The van der Waals surface area contributed by atoms with Gasteiger partial charge in [-0.3, -0.25) is 0 Å². The van der Waals surface area contributed by atoms with Crippen LogP contribution in [0, 0.1) is 0 Å². The molecule has 0 atom stereocenters. The predicted octanol–water partition coefficient (Wildman–Crippen LogP) is 5.03. The summed E-state index contributed by atoms with van der Waals surface area (Å²) >= 11 is 0. The molecule has 0 amide bonds. The van der Waals surface area contributed by atoms with E-state index in [-0.39, 0.29) is 0 Å². The number of benzene rings is 2. The summed E-state index contributed by atoms with van der Waals surface area (Å²) < 4.78 is 0. The number of rotatable bonds is 2. The molecule has 0 fully saturated rings. The first-order valence-electron chi connectivity index (χ1n) is 7.27. The van der Waals surface area contributed by atoms with Crippen LogP contribution in [-0.2, 0) is 0 Å². The van der Waals surface area contributed by atoms with Gasteiger partial charge in [-0.1, -0.05) is 64.1 Å². The molecule has 2 aromatic carbocycles. The monoisotopic (exact) mass is 264 g/mol. The SMILES string of the molecule is CC(C)c1nnc(C(C)C)c2c1ccc1ccccc12. The zero-order valence-corrected chi connectivity index (χ0v) is 12.5. The minimum absolute atomic E-state index is 0.372. The van der Waals surface area contributed by atoms with E-state index in [1.165, 1.54) is 21.5 Å². The molecule has 0 aliphatic carbocycles. The van der Waals surface area contributed by atoms with Gasteiger partial charge in [-0.05, 0) is 22.6 Å². The van der Waals surface area contributed by atoms with Crippen molar-refractivity contribution in [2.24, 2.45) is 0 Å². The van der Waals surface area contributed by atoms with Gasteiger partial charge in [0.1, 0.15) is 0 Å². The van der Waals surface area contributed by atoms with Crippen LogP contribution in [0.15, 0.2) is 36.4 Å². The van der Waals surface area contributed by atoms with Crippen LogP contribution >= 0.6 is 0 Å². The lowest BCUT2D eigenvalue weighted by Crippen LogP contribution is -2.03. The van der Waals surface area contributed by atoms with Crippen molar-refractivity contribution in [2.45, 2.75) is 39.5 Å². The molecule has 0 aliphatic rings. The van der Waals surface area contributed by atoms with E-state index in [1.807, 2.05) is 0 Å². The fraction of sp³-hybridized carbons (Fsp3) is 0.333. The highest BCUT2D eigenvalue weighted by Gasteiger charge is 2.16. The van der Waals surface area contributed by atoms with Crippen LogP contribution in [0.4, 0.5) is 0 Å². The van der Waals surface area contributed by atoms with Crippen LogP contribution in [0.3, 0.4) is 0 Å². The molecule has 1 aromatic heterocycles. The second kappa shape index (κ2) is 4.86. The van der Waals surface area contributed by atoms with Gasteiger partial charge in [0, 0.05) is 10.8 Å². The van der Waals surface area contributed by atoms with Gasteiger partial charge < -0.3 is 0 Å². The van der Waals surface area contributed by atoms with Crippen molar-refractivity contribution in [3.63, 3.8) is 0 Å². The number of fused-ring (bicyclic) bond motifs is 3. The first-order chi connectivity index (χ1) is 9.59. The molecule has 0 aliphatic heterocycles. The van der Waals surface area contributed by atoms with Crippen molar-refractivity contribution >= 4 is 21.5 Å². The second-order valence-corrected chi connectivity index (χ2v) is 5.99. The molecule has 3 aromatic rings. The van der Waals surface area contributed by atoms with Crippen molar-refractivity contribution in [2.75, 3.05) is 0 Å². The second-order valence-electron chi connectivity index (χ2n) is 5.99. The van der Waals surface area contributed by atoms with Gasteiger partial charge in [0.05, 0.1) is 11.4 Å². The van der Waals surface area contributed by atoms with Crippen LogP contribution in [0.25, 0.3) is 21.5 Å². The molecule has 2 nitrogen and oxygen atoms in total. The minimum Gasteiger partial charge on any atom is -0.154 e. The Bertz CT molecular complexity index is 773. The molecule has 0 saturated heterocycles. The van der Waals surface area contributed by atoms with Gasteiger partial charge in [0.2, 0.25) is 0 Å². The highest BCUT2D eigenvalue weighted by atomic mass is 15.1. The molecular formula is C18H20N2. The quantitative estimate of drug-likeness (QED) is 0.607. The third kappa shape index (κ3) is 1.96. The van der Waals surface area contributed by atoms with Crippen molar-refractivity contribution in [1.82, 2.24) is 10.2 Å². The lowest BCUT2D eigenvalue weighted by atomic mass is 9.94. The molecular weight excluding hydrogens is 244 g/mol. The van der Waals surface area contributed by atoms with Crippen LogP contribution in [0.5, 0.6) is 0 Å². The van der Waals surface area contributed by atoms with Gasteiger partial charge in [-0.2, -0.15) is 10.2 Å². The number of hydrogen-bond acceptors (Lipinski definition) is 2. The molecule has 0 spiro atoms. The van der Waals surface area contributed by atoms with Gasteiger partial charge in [0.15, 0.2) is 0 Å². The smallest absolute Gasteiger partial charge is 0.0741 e. The average Bonchev–Trinajstić information content (AvgIpc) is 2.45. The number of nitrogens with zero attached hydrogens (tertiary/aromatic N) is 2. The van der Waals surface area contributed by atoms with Crippen molar-refractivity contribution in [1.29, 1.82) is 0 Å². The molecule has 0 N–H and O–H groups in total. The molecule has 3 rings (SSSR count). The maximum absolute atomic E-state index is 4.53. The first-order valence-corrected chi connectivity index (χ1v) is 7.27. The summed E-state index contributed by atoms with van der Waals surface area (Å²) in [5.41, 5.74) is 2.19. The lowest BCUT2D eigenvalue weighted by Gasteiger charge is -2.15. The Morgan fingerprint density at radius 1 is 0.700 bits per heavy atom. The van der Waals surface area contributed by atoms with E-state index >= 15 is 0 Å². The van der Waals surface area contributed by atoms with Gasteiger partial charge in [-0.25, -0.2) is 0 Å². The maximum Gasteiger partial charge on any atom is 0.0741 e. The van der Waals surface area contributed by atoms with E-state index in [0.29, 0.717) is 11.8 Å². The predicted molar refractivity (Wildman–Crippen MR) is 85.2 cm³/mol. The lowest BCUT2D eigenvalue weighted by molar-refractivity contribution is 0.751. The van der Waals surface area contributed by atoms with Gasteiger partial charge >= 0.3 is 0 Å². The van der Waals surface area contributed by atoms with E-state index in [9.17, 15) is 0 Å². The Labute approximate surface area is 119 Å². The Morgan fingerprint density at radius 2 is 1.35 bits per heavy atom. The van der Waals surface area contributed by atoms with Crippen LogP contribution in [0.2, 0.25) is 0 Å². The highest BCUT2D eigenvalue weighted by Crippen LogP contribution is 2.33. The van der Waals surface area contributed by atoms with Crippen LogP contribution < -0.4 is 0 Å². The first kappa shape index (κ1) is 13.0. The number of aromatic nitrogens is 2. The molecule has 0 unspecified atom stereocenters. The summed E-state index contributed by atoms with van der Waals surface area (Å²) in [6.07, 6.45) is 0. The zero-order chi connectivity index (χ0) is 14.3. The minimum atomic E-state index is 0.372. The Morgan fingerprint density at radius 3 is 2.05 bits per heavy atom. The van der Waals surface area contributed by atoms with E-state index < -0.39 is 0 Å². The largest absolute Gasteiger partial charge is 0.154 e. The van der Waals surface area contributed by atoms with E-state index in [4.69, 9.17) is 0 Å². The summed E-state index contributed by atoms with van der Waals surface area (Å²) in [6.45, 7) is 8.71. The molecule has 0 saturated carbocycles. The third-order valence-corrected chi connectivity index (χ3v) is 3.82. The average molecular weight is 264 g/mol. The summed E-state index contributed by atoms with van der Waals surface area (Å²) in [5, 5.41) is 14.1. The maximum atomic E-state index is 4.53. The summed E-state index contributed by atoms with van der Waals surface area (Å²) in [4.78, 5) is 0. The Kier molecular flexibility index (Phi) is 3.17. The van der Waals surface area contributed by atoms with E-state index in [0.717, 1.165) is 11.4 Å². The van der Waals surface area contributed by atoms with E-state index in [2.05, 4.69) is 74.3 Å². The summed E-state index contributed by atoms with van der Waals surface area (Å²) in [5.74, 6) is 0.754. The standard InChI is InChI=1S/C18H20N2/c1-11(2)17-15-10-9-13-7-5-6-8-14(13)16(15)18(12(3)4)20-19-17/h5-12H,1-4H3.